The number of carbonyl (C=O) groups excluding carboxylic acids is 1. The molecule has 34 heavy (non-hydrogen) atoms. The van der Waals surface area contributed by atoms with Gasteiger partial charge in [0, 0.05) is 12.3 Å². The van der Waals surface area contributed by atoms with Crippen LogP contribution >= 0.6 is 0 Å². The summed E-state index contributed by atoms with van der Waals surface area (Å²) in [5.74, 6) is 3.45. The van der Waals surface area contributed by atoms with Crippen molar-refractivity contribution in [3.8, 4) is 0 Å². The van der Waals surface area contributed by atoms with E-state index in [9.17, 15) is 4.79 Å². The maximum absolute atomic E-state index is 12.4. The molecule has 5 rings (SSSR count). The van der Waals surface area contributed by atoms with Gasteiger partial charge in [-0.3, -0.25) is 4.79 Å². The summed E-state index contributed by atoms with van der Waals surface area (Å²) in [6.45, 7) is 22.1. The van der Waals surface area contributed by atoms with E-state index in [1.165, 1.54) is 44.9 Å². The number of rotatable bonds is 1. The normalized spacial score (nSPS) is 54.0. The van der Waals surface area contributed by atoms with Crippen LogP contribution in [0.5, 0.6) is 0 Å². The number of allylic oxidation sites excluding steroid dienone is 2. The number of ether oxygens (including phenoxy) is 1. The summed E-state index contributed by atoms with van der Waals surface area (Å²) < 4.78 is 6.28. The molecule has 0 N–H and O–H groups in total. The molecular weight excluding hydrogens is 416 g/mol. The van der Waals surface area contributed by atoms with E-state index in [0.29, 0.717) is 28.1 Å². The smallest absolute Gasteiger partial charge is 0.302 e. The van der Waals surface area contributed by atoms with Gasteiger partial charge in [-0.05, 0) is 110 Å². The summed E-state index contributed by atoms with van der Waals surface area (Å²) >= 11 is 0. The first-order chi connectivity index (χ1) is 15.7. The van der Waals surface area contributed by atoms with E-state index in [0.717, 1.165) is 30.6 Å². The van der Waals surface area contributed by atoms with Crippen LogP contribution in [-0.4, -0.2) is 12.1 Å². The van der Waals surface area contributed by atoms with Crippen molar-refractivity contribution in [1.82, 2.24) is 0 Å². The standard InChI is InChI=1S/C32H52O2/c1-20-13-17-30(7)26(34-22(3)33)19-32(9)23(27(30)21(20)2)11-12-25-29(6)16-10-15-28(4,5)24(29)14-18-31(25,32)8/h13,21,23-27H,10-12,14-19H2,1-9H3/t21-,23-,24+,25-,26-,27-,29+,30-,31-,32-/m1/s1. The molecule has 10 atom stereocenters. The third-order valence-corrected chi connectivity index (χ3v) is 13.7. The van der Waals surface area contributed by atoms with Crippen molar-refractivity contribution in [1.29, 1.82) is 0 Å². The molecule has 0 radical (unpaired) electrons. The number of carbonyl (C=O) groups is 1. The number of fused-ring (bicyclic) bond motifs is 7. The highest BCUT2D eigenvalue weighted by atomic mass is 16.5. The van der Waals surface area contributed by atoms with Gasteiger partial charge in [-0.2, -0.15) is 0 Å². The van der Waals surface area contributed by atoms with Gasteiger partial charge in [0.05, 0.1) is 0 Å². The van der Waals surface area contributed by atoms with Gasteiger partial charge in [-0.25, -0.2) is 0 Å². The lowest BCUT2D eigenvalue weighted by atomic mass is 9.31. The summed E-state index contributed by atoms with van der Waals surface area (Å²) in [4.78, 5) is 12.4. The second kappa shape index (κ2) is 7.61. The number of esters is 1. The zero-order valence-electron chi connectivity index (χ0n) is 23.7. The molecule has 2 nitrogen and oxygen atoms in total. The van der Waals surface area contributed by atoms with Crippen molar-refractivity contribution in [3.05, 3.63) is 11.6 Å². The molecule has 5 aliphatic rings. The molecule has 0 aromatic carbocycles. The highest BCUT2D eigenvalue weighted by Gasteiger charge is 2.71. The lowest BCUT2D eigenvalue weighted by Gasteiger charge is -2.74. The third kappa shape index (κ3) is 3.08. The Morgan fingerprint density at radius 1 is 0.912 bits per heavy atom. The summed E-state index contributed by atoms with van der Waals surface area (Å²) in [7, 11) is 0. The Morgan fingerprint density at radius 2 is 1.62 bits per heavy atom. The molecule has 2 heteroatoms. The average molecular weight is 469 g/mol. The molecular formula is C32H52O2. The Bertz CT molecular complexity index is 885. The second-order valence-corrected chi connectivity index (χ2v) is 15.3. The van der Waals surface area contributed by atoms with E-state index in [1.807, 2.05) is 0 Å². The second-order valence-electron chi connectivity index (χ2n) is 15.3. The Labute approximate surface area is 210 Å². The van der Waals surface area contributed by atoms with Crippen molar-refractivity contribution in [2.75, 3.05) is 0 Å². The van der Waals surface area contributed by atoms with Crippen LogP contribution in [0.3, 0.4) is 0 Å². The molecule has 0 aromatic heterocycles. The van der Waals surface area contributed by atoms with Gasteiger partial charge in [0.15, 0.2) is 0 Å². The Balaban J connectivity index is 1.60. The van der Waals surface area contributed by atoms with Crippen molar-refractivity contribution < 1.29 is 9.53 Å². The Hall–Kier alpha value is -0.790. The van der Waals surface area contributed by atoms with E-state index in [-0.39, 0.29) is 22.9 Å². The van der Waals surface area contributed by atoms with E-state index in [2.05, 4.69) is 61.5 Å². The van der Waals surface area contributed by atoms with E-state index < -0.39 is 0 Å². The predicted molar refractivity (Wildman–Crippen MR) is 140 cm³/mol. The van der Waals surface area contributed by atoms with Gasteiger partial charge in [0.1, 0.15) is 6.10 Å². The largest absolute Gasteiger partial charge is 0.462 e. The molecule has 0 aliphatic heterocycles. The predicted octanol–water partition coefficient (Wildman–Crippen LogP) is 8.60. The van der Waals surface area contributed by atoms with E-state index in [4.69, 9.17) is 4.74 Å². The van der Waals surface area contributed by atoms with Gasteiger partial charge in [-0.15, -0.1) is 0 Å². The van der Waals surface area contributed by atoms with Crippen LogP contribution in [0, 0.1) is 56.7 Å². The lowest BCUT2D eigenvalue weighted by molar-refractivity contribution is -0.263. The van der Waals surface area contributed by atoms with Crippen LogP contribution in [0.25, 0.3) is 0 Å². The van der Waals surface area contributed by atoms with Gasteiger partial charge < -0.3 is 4.74 Å². The molecule has 5 aliphatic carbocycles. The third-order valence-electron chi connectivity index (χ3n) is 13.7. The van der Waals surface area contributed by atoms with Crippen molar-refractivity contribution in [2.24, 2.45) is 56.7 Å². The monoisotopic (exact) mass is 468 g/mol. The highest BCUT2D eigenvalue weighted by Crippen LogP contribution is 2.76. The molecule has 0 unspecified atom stereocenters. The van der Waals surface area contributed by atoms with E-state index >= 15 is 0 Å². The van der Waals surface area contributed by atoms with Gasteiger partial charge >= 0.3 is 5.97 Å². The zero-order chi connectivity index (χ0) is 24.9. The van der Waals surface area contributed by atoms with Crippen LogP contribution < -0.4 is 0 Å². The van der Waals surface area contributed by atoms with Gasteiger partial charge in [0.25, 0.3) is 0 Å². The lowest BCUT2D eigenvalue weighted by Crippen LogP contribution is -2.68. The minimum Gasteiger partial charge on any atom is -0.462 e. The van der Waals surface area contributed by atoms with Crippen molar-refractivity contribution >= 4 is 5.97 Å². The molecule has 0 saturated heterocycles. The van der Waals surface area contributed by atoms with Gasteiger partial charge in [0.2, 0.25) is 0 Å². The molecule has 0 aromatic rings. The van der Waals surface area contributed by atoms with Crippen LogP contribution in [-0.2, 0) is 9.53 Å². The first kappa shape index (κ1) is 24.9. The topological polar surface area (TPSA) is 26.3 Å². The van der Waals surface area contributed by atoms with Crippen molar-refractivity contribution in [2.45, 2.75) is 126 Å². The SMILES string of the molecule is CC(=O)O[C@@H]1C[C@]2(C)[C@H](CC[C@@H]3[C@@]4(C)CCCC(C)(C)[C@@H]4CC[C@]32C)[C@H]2[C@H](C)C(C)=CC[C@@]21C. The highest BCUT2D eigenvalue weighted by molar-refractivity contribution is 5.66. The van der Waals surface area contributed by atoms with Crippen LogP contribution in [0.15, 0.2) is 11.6 Å². The van der Waals surface area contributed by atoms with Gasteiger partial charge in [-0.1, -0.05) is 66.5 Å². The zero-order valence-corrected chi connectivity index (χ0v) is 23.7. The first-order valence-corrected chi connectivity index (χ1v) is 14.5. The number of hydrogen-bond donors (Lipinski definition) is 0. The molecule has 192 valence electrons. The van der Waals surface area contributed by atoms with E-state index in [1.54, 1.807) is 12.5 Å². The quantitative estimate of drug-likeness (QED) is 0.284. The maximum atomic E-state index is 12.4. The van der Waals surface area contributed by atoms with Crippen LogP contribution in [0.4, 0.5) is 0 Å². The molecule has 0 spiro atoms. The minimum atomic E-state index is -0.0897. The van der Waals surface area contributed by atoms with Crippen LogP contribution in [0.2, 0.25) is 0 Å². The van der Waals surface area contributed by atoms with Crippen LogP contribution in [0.1, 0.15) is 120 Å². The Kier molecular flexibility index (Phi) is 5.57. The minimum absolute atomic E-state index is 0.0342. The van der Waals surface area contributed by atoms with Crippen molar-refractivity contribution in [3.63, 3.8) is 0 Å². The first-order valence-electron chi connectivity index (χ1n) is 14.5. The fourth-order valence-corrected chi connectivity index (χ4v) is 11.7. The average Bonchev–Trinajstić information content (AvgIpc) is 2.71. The molecule has 0 bridgehead atoms. The molecule has 0 amide bonds. The summed E-state index contributed by atoms with van der Waals surface area (Å²) in [5.41, 5.74) is 3.09. The number of hydrogen-bond acceptors (Lipinski definition) is 2. The fraction of sp³-hybridized carbons (Fsp3) is 0.906. The fourth-order valence-electron chi connectivity index (χ4n) is 11.7. The molecule has 4 saturated carbocycles. The summed E-state index contributed by atoms with van der Waals surface area (Å²) in [6, 6.07) is 0. The molecule has 0 heterocycles. The summed E-state index contributed by atoms with van der Waals surface area (Å²) in [5, 5.41) is 0. The summed E-state index contributed by atoms with van der Waals surface area (Å²) in [6.07, 6.45) is 14.3. The maximum Gasteiger partial charge on any atom is 0.302 e. The molecule has 4 fully saturated rings. The Morgan fingerprint density at radius 3 is 2.29 bits per heavy atom.